The zero-order valence-electron chi connectivity index (χ0n) is 8.10. The summed E-state index contributed by atoms with van der Waals surface area (Å²) in [6.07, 6.45) is -1.93. The van der Waals surface area contributed by atoms with Crippen LogP contribution in [0.3, 0.4) is 0 Å². The van der Waals surface area contributed by atoms with Gasteiger partial charge in [-0.1, -0.05) is 0 Å². The van der Waals surface area contributed by atoms with Gasteiger partial charge in [0.15, 0.2) is 6.29 Å². The van der Waals surface area contributed by atoms with Crippen LogP contribution in [0.25, 0.3) is 0 Å². The van der Waals surface area contributed by atoms with Crippen LogP contribution in [-0.2, 0) is 18.9 Å². The van der Waals surface area contributed by atoms with Crippen LogP contribution in [0, 0.1) is 0 Å². The van der Waals surface area contributed by atoms with Gasteiger partial charge in [0.2, 0.25) is 0 Å². The first kappa shape index (κ1) is 10.9. The van der Waals surface area contributed by atoms with Crippen molar-refractivity contribution in [2.75, 3.05) is 27.9 Å². The third kappa shape index (κ3) is 2.18. The molecule has 1 aliphatic heterocycles. The van der Waals surface area contributed by atoms with Crippen molar-refractivity contribution in [1.82, 2.24) is 0 Å². The topological polar surface area (TPSA) is 57.2 Å². The van der Waals surface area contributed by atoms with Crippen LogP contribution in [0.2, 0.25) is 0 Å². The largest absolute Gasteiger partial charge is 0.376 e. The molecule has 5 heteroatoms. The van der Waals surface area contributed by atoms with Gasteiger partial charge in [0.1, 0.15) is 18.3 Å². The maximum Gasteiger partial charge on any atom is 0.183 e. The fourth-order valence-corrected chi connectivity index (χ4v) is 1.50. The monoisotopic (exact) mass is 192 g/mol. The highest BCUT2D eigenvalue weighted by atomic mass is 16.7. The van der Waals surface area contributed by atoms with Crippen LogP contribution in [0.15, 0.2) is 0 Å². The number of hydrogen-bond acceptors (Lipinski definition) is 5. The molecule has 0 aromatic carbocycles. The van der Waals surface area contributed by atoms with E-state index < -0.39 is 12.4 Å². The minimum Gasteiger partial charge on any atom is -0.376 e. The average Bonchev–Trinajstić information content (AvgIpc) is 2.17. The zero-order valence-corrected chi connectivity index (χ0v) is 8.10. The highest BCUT2D eigenvalue weighted by Gasteiger charge is 2.40. The van der Waals surface area contributed by atoms with Crippen LogP contribution in [-0.4, -0.2) is 57.6 Å². The predicted molar refractivity (Wildman–Crippen MR) is 44.3 cm³/mol. The Bertz CT molecular complexity index is 151. The molecule has 1 unspecified atom stereocenters. The SMILES string of the molecule is CO[C@@H]1[C@H](OC)COC(O)[C@@H]1OC. The first-order valence-electron chi connectivity index (χ1n) is 4.12. The lowest BCUT2D eigenvalue weighted by Gasteiger charge is -2.38. The molecule has 0 saturated carbocycles. The number of hydrogen-bond donors (Lipinski definition) is 1. The van der Waals surface area contributed by atoms with Crippen molar-refractivity contribution in [3.05, 3.63) is 0 Å². The fraction of sp³-hybridized carbons (Fsp3) is 1.00. The molecule has 0 radical (unpaired) electrons. The van der Waals surface area contributed by atoms with Gasteiger partial charge in [0, 0.05) is 21.3 Å². The molecule has 1 saturated heterocycles. The lowest BCUT2D eigenvalue weighted by Crippen LogP contribution is -2.55. The van der Waals surface area contributed by atoms with Gasteiger partial charge in [-0.3, -0.25) is 0 Å². The van der Waals surface area contributed by atoms with E-state index in [4.69, 9.17) is 18.9 Å². The van der Waals surface area contributed by atoms with Crippen molar-refractivity contribution in [1.29, 1.82) is 0 Å². The minimum absolute atomic E-state index is 0.196. The molecule has 1 aliphatic rings. The summed E-state index contributed by atoms with van der Waals surface area (Å²) in [5.41, 5.74) is 0. The van der Waals surface area contributed by atoms with Crippen molar-refractivity contribution >= 4 is 0 Å². The maximum atomic E-state index is 9.40. The van der Waals surface area contributed by atoms with Crippen molar-refractivity contribution in [2.24, 2.45) is 0 Å². The van der Waals surface area contributed by atoms with Gasteiger partial charge in [-0.2, -0.15) is 0 Å². The van der Waals surface area contributed by atoms with Gasteiger partial charge in [-0.25, -0.2) is 0 Å². The van der Waals surface area contributed by atoms with E-state index in [1.807, 2.05) is 0 Å². The van der Waals surface area contributed by atoms with Gasteiger partial charge in [0.05, 0.1) is 6.61 Å². The van der Waals surface area contributed by atoms with Crippen LogP contribution in [0.1, 0.15) is 0 Å². The molecule has 5 nitrogen and oxygen atoms in total. The Morgan fingerprint density at radius 1 is 1.08 bits per heavy atom. The molecule has 13 heavy (non-hydrogen) atoms. The molecule has 0 aromatic rings. The van der Waals surface area contributed by atoms with Gasteiger partial charge in [-0.05, 0) is 0 Å². The summed E-state index contributed by atoms with van der Waals surface area (Å²) in [5, 5.41) is 9.40. The second kappa shape index (κ2) is 4.88. The Labute approximate surface area is 77.5 Å². The molecule has 0 aromatic heterocycles. The highest BCUT2D eigenvalue weighted by Crippen LogP contribution is 2.20. The van der Waals surface area contributed by atoms with E-state index >= 15 is 0 Å². The van der Waals surface area contributed by atoms with Gasteiger partial charge < -0.3 is 24.1 Å². The number of rotatable bonds is 3. The molecular formula is C8H16O5. The zero-order chi connectivity index (χ0) is 9.84. The smallest absolute Gasteiger partial charge is 0.183 e. The predicted octanol–water partition coefficient (Wildman–Crippen LogP) is -0.620. The quantitative estimate of drug-likeness (QED) is 0.646. The summed E-state index contributed by atoms with van der Waals surface area (Å²) >= 11 is 0. The molecule has 0 amide bonds. The molecule has 1 N–H and O–H groups in total. The van der Waals surface area contributed by atoms with Crippen LogP contribution in [0.4, 0.5) is 0 Å². The van der Waals surface area contributed by atoms with Crippen LogP contribution < -0.4 is 0 Å². The molecule has 1 rings (SSSR count). The molecular weight excluding hydrogens is 176 g/mol. The first-order chi connectivity index (χ1) is 6.24. The normalized spacial score (nSPS) is 40.6. The third-order valence-corrected chi connectivity index (χ3v) is 2.25. The van der Waals surface area contributed by atoms with E-state index in [0.29, 0.717) is 6.61 Å². The highest BCUT2D eigenvalue weighted by molar-refractivity contribution is 4.85. The summed E-state index contributed by atoms with van der Waals surface area (Å²) in [6, 6.07) is 0. The summed E-state index contributed by atoms with van der Waals surface area (Å²) in [7, 11) is 4.63. The fourth-order valence-electron chi connectivity index (χ4n) is 1.50. The molecule has 1 fully saturated rings. The van der Waals surface area contributed by atoms with Crippen molar-refractivity contribution in [2.45, 2.75) is 24.6 Å². The number of aliphatic hydroxyl groups excluding tert-OH is 1. The number of aliphatic hydroxyl groups is 1. The van der Waals surface area contributed by atoms with E-state index in [9.17, 15) is 5.11 Å². The van der Waals surface area contributed by atoms with Gasteiger partial charge in [0.25, 0.3) is 0 Å². The third-order valence-electron chi connectivity index (χ3n) is 2.25. The molecule has 0 aliphatic carbocycles. The van der Waals surface area contributed by atoms with E-state index in [-0.39, 0.29) is 12.2 Å². The molecule has 0 bridgehead atoms. The van der Waals surface area contributed by atoms with Crippen LogP contribution in [0.5, 0.6) is 0 Å². The maximum absolute atomic E-state index is 9.40. The summed E-state index contributed by atoms with van der Waals surface area (Å²) in [5.74, 6) is 0. The number of ether oxygens (including phenoxy) is 4. The Kier molecular flexibility index (Phi) is 4.08. The Morgan fingerprint density at radius 3 is 2.15 bits per heavy atom. The lowest BCUT2D eigenvalue weighted by atomic mass is 10.1. The van der Waals surface area contributed by atoms with Crippen molar-refractivity contribution in [3.63, 3.8) is 0 Å². The lowest BCUT2D eigenvalue weighted by molar-refractivity contribution is -0.267. The Morgan fingerprint density at radius 2 is 1.69 bits per heavy atom. The second-order valence-corrected chi connectivity index (χ2v) is 2.90. The average molecular weight is 192 g/mol. The second-order valence-electron chi connectivity index (χ2n) is 2.90. The van der Waals surface area contributed by atoms with Crippen molar-refractivity contribution in [3.8, 4) is 0 Å². The van der Waals surface area contributed by atoms with E-state index in [0.717, 1.165) is 0 Å². The van der Waals surface area contributed by atoms with Gasteiger partial charge >= 0.3 is 0 Å². The van der Waals surface area contributed by atoms with Gasteiger partial charge in [-0.15, -0.1) is 0 Å². The summed E-state index contributed by atoms with van der Waals surface area (Å²) < 4.78 is 20.4. The number of methoxy groups -OCH3 is 3. The Balaban J connectivity index is 2.64. The molecule has 1 heterocycles. The van der Waals surface area contributed by atoms with Crippen molar-refractivity contribution < 1.29 is 24.1 Å². The summed E-state index contributed by atoms with van der Waals surface area (Å²) in [6.45, 7) is 0.316. The molecule has 0 spiro atoms. The molecule has 4 atom stereocenters. The van der Waals surface area contributed by atoms with E-state index in [1.54, 1.807) is 14.2 Å². The minimum atomic E-state index is -0.943. The first-order valence-corrected chi connectivity index (χ1v) is 4.12. The summed E-state index contributed by atoms with van der Waals surface area (Å²) in [4.78, 5) is 0. The van der Waals surface area contributed by atoms with E-state index in [1.165, 1.54) is 7.11 Å². The van der Waals surface area contributed by atoms with Crippen LogP contribution >= 0.6 is 0 Å². The molecule has 78 valence electrons. The Hall–Kier alpha value is -0.200. The standard InChI is InChI=1S/C8H16O5/c1-10-5-4-13-8(9)7(12-3)6(5)11-2/h5-9H,4H2,1-3H3/t5-,6-,7-,8?/m1/s1. The van der Waals surface area contributed by atoms with E-state index in [2.05, 4.69) is 0 Å².